The van der Waals surface area contributed by atoms with E-state index in [1.807, 2.05) is 0 Å². The van der Waals surface area contributed by atoms with E-state index in [1.165, 1.54) is 38.5 Å². The van der Waals surface area contributed by atoms with Crippen molar-refractivity contribution < 1.29 is 4.74 Å². The number of hydrogen-bond acceptors (Lipinski definition) is 2. The lowest BCUT2D eigenvalue weighted by Crippen LogP contribution is -2.32. The van der Waals surface area contributed by atoms with Crippen LogP contribution >= 0.6 is 12.4 Å². The van der Waals surface area contributed by atoms with E-state index < -0.39 is 0 Å². The summed E-state index contributed by atoms with van der Waals surface area (Å²) in [7, 11) is 0. The van der Waals surface area contributed by atoms with Crippen LogP contribution in [0.15, 0.2) is 36.4 Å². The van der Waals surface area contributed by atoms with Gasteiger partial charge in [0.2, 0.25) is 0 Å². The third-order valence-corrected chi connectivity index (χ3v) is 5.45. The van der Waals surface area contributed by atoms with Gasteiger partial charge in [-0.1, -0.05) is 83.6 Å². The van der Waals surface area contributed by atoms with Crippen molar-refractivity contribution in [2.24, 2.45) is 0 Å². The molecule has 1 N–H and O–H groups in total. The van der Waals surface area contributed by atoms with E-state index in [0.717, 1.165) is 61.0 Å². The maximum atomic E-state index is 8.79. The normalized spacial score (nSPS) is 10.6. The second-order valence-electron chi connectivity index (χ2n) is 7.96. The van der Waals surface area contributed by atoms with Gasteiger partial charge in [-0.3, -0.25) is 5.41 Å². The summed E-state index contributed by atoms with van der Waals surface area (Å²) in [5.74, 6) is 1.57. The van der Waals surface area contributed by atoms with Crippen LogP contribution < -0.4 is 4.74 Å². The molecule has 3 nitrogen and oxygen atoms in total. The van der Waals surface area contributed by atoms with Crippen LogP contribution in [0.4, 0.5) is 0 Å². The van der Waals surface area contributed by atoms with E-state index in [4.69, 9.17) is 10.1 Å². The minimum Gasteiger partial charge on any atom is -0.493 e. The van der Waals surface area contributed by atoms with Crippen LogP contribution in [-0.4, -0.2) is 30.4 Å². The highest BCUT2D eigenvalue weighted by molar-refractivity contribution is 6.09. The van der Waals surface area contributed by atoms with Gasteiger partial charge in [0.1, 0.15) is 11.6 Å². The van der Waals surface area contributed by atoms with Gasteiger partial charge < -0.3 is 9.64 Å². The average molecular weight is 433 g/mol. The molecule has 168 valence electrons. The van der Waals surface area contributed by atoms with E-state index in [2.05, 4.69) is 62.1 Å². The monoisotopic (exact) mass is 432 g/mol. The SMILES string of the molecule is CCCCCCCCCOc1ccc(C(=N)N(CCC)CCC)c2ccccc12.Cl. The number of halogens is 1. The van der Waals surface area contributed by atoms with Crippen LogP contribution in [0.3, 0.4) is 0 Å². The van der Waals surface area contributed by atoms with Crippen molar-refractivity contribution in [1.82, 2.24) is 4.90 Å². The molecular formula is C26H41ClN2O. The minimum atomic E-state index is 0. The molecule has 0 saturated heterocycles. The van der Waals surface area contributed by atoms with Crippen LogP contribution in [0.1, 0.15) is 84.1 Å². The molecule has 0 aliphatic rings. The third kappa shape index (κ3) is 7.83. The molecule has 0 radical (unpaired) electrons. The highest BCUT2D eigenvalue weighted by Crippen LogP contribution is 2.29. The first-order chi connectivity index (χ1) is 14.2. The lowest BCUT2D eigenvalue weighted by molar-refractivity contribution is 0.307. The molecule has 0 unspecified atom stereocenters. The molecule has 2 aromatic carbocycles. The number of nitrogens with zero attached hydrogens (tertiary/aromatic N) is 1. The zero-order valence-electron chi connectivity index (χ0n) is 19.2. The third-order valence-electron chi connectivity index (χ3n) is 5.45. The summed E-state index contributed by atoms with van der Waals surface area (Å²) in [6, 6.07) is 12.5. The van der Waals surface area contributed by atoms with Crippen molar-refractivity contribution in [3.63, 3.8) is 0 Å². The van der Waals surface area contributed by atoms with Gasteiger partial charge in [0.15, 0.2) is 0 Å². The second kappa shape index (κ2) is 15.1. The Kier molecular flexibility index (Phi) is 13.3. The number of rotatable bonds is 14. The first-order valence-electron chi connectivity index (χ1n) is 11.7. The average Bonchev–Trinajstić information content (AvgIpc) is 2.75. The van der Waals surface area contributed by atoms with Gasteiger partial charge in [-0.2, -0.15) is 0 Å². The minimum absolute atomic E-state index is 0. The summed E-state index contributed by atoms with van der Waals surface area (Å²) in [6.07, 6.45) is 11.1. The number of ether oxygens (including phenoxy) is 1. The van der Waals surface area contributed by atoms with Crippen molar-refractivity contribution in [3.8, 4) is 5.75 Å². The molecule has 0 bridgehead atoms. The molecule has 0 fully saturated rings. The molecule has 2 rings (SSSR count). The summed E-state index contributed by atoms with van der Waals surface area (Å²) >= 11 is 0. The van der Waals surface area contributed by atoms with Crippen molar-refractivity contribution >= 4 is 29.0 Å². The van der Waals surface area contributed by atoms with Gasteiger partial charge in [-0.05, 0) is 36.8 Å². The summed E-state index contributed by atoms with van der Waals surface area (Å²) in [5.41, 5.74) is 1.01. The lowest BCUT2D eigenvalue weighted by atomic mass is 10.0. The predicted octanol–water partition coefficient (Wildman–Crippen LogP) is 7.84. The van der Waals surface area contributed by atoms with E-state index in [1.54, 1.807) is 0 Å². The number of benzene rings is 2. The molecule has 0 spiro atoms. The molecule has 0 atom stereocenters. The second-order valence-corrected chi connectivity index (χ2v) is 7.96. The maximum Gasteiger partial charge on any atom is 0.128 e. The zero-order valence-corrected chi connectivity index (χ0v) is 20.0. The van der Waals surface area contributed by atoms with Crippen LogP contribution in [0.2, 0.25) is 0 Å². The van der Waals surface area contributed by atoms with Crippen LogP contribution in [0.25, 0.3) is 10.8 Å². The van der Waals surface area contributed by atoms with E-state index in [0.29, 0.717) is 5.84 Å². The van der Waals surface area contributed by atoms with Crippen LogP contribution in [0.5, 0.6) is 5.75 Å². The van der Waals surface area contributed by atoms with Gasteiger partial charge in [-0.15, -0.1) is 12.4 Å². The Bertz CT molecular complexity index is 741. The van der Waals surface area contributed by atoms with E-state index >= 15 is 0 Å². The molecule has 0 aliphatic heterocycles. The Morgan fingerprint density at radius 1 is 0.767 bits per heavy atom. The first-order valence-corrected chi connectivity index (χ1v) is 11.7. The Morgan fingerprint density at radius 2 is 1.37 bits per heavy atom. The molecule has 4 heteroatoms. The summed E-state index contributed by atoms with van der Waals surface area (Å²) in [4.78, 5) is 2.20. The smallest absolute Gasteiger partial charge is 0.128 e. The zero-order chi connectivity index (χ0) is 20.9. The molecule has 0 heterocycles. The summed E-state index contributed by atoms with van der Waals surface area (Å²) < 4.78 is 6.15. The largest absolute Gasteiger partial charge is 0.493 e. The standard InChI is InChI=1S/C26H40N2O.ClH/c1-4-7-8-9-10-11-14-21-29-25-18-17-24(22-15-12-13-16-23(22)25)26(27)28(19-5-2)20-6-3;/h12-13,15-18,27H,4-11,14,19-21H2,1-3H3;1H. The molecule has 30 heavy (non-hydrogen) atoms. The Balaban J connectivity index is 0.00000450. The molecule has 0 aliphatic carbocycles. The van der Waals surface area contributed by atoms with Gasteiger partial charge in [-0.25, -0.2) is 0 Å². The quantitative estimate of drug-likeness (QED) is 0.187. The van der Waals surface area contributed by atoms with Crippen LogP contribution in [-0.2, 0) is 0 Å². The highest BCUT2D eigenvalue weighted by atomic mass is 35.5. The number of unbranched alkanes of at least 4 members (excludes halogenated alkanes) is 6. The van der Waals surface area contributed by atoms with Crippen molar-refractivity contribution in [1.29, 1.82) is 5.41 Å². The van der Waals surface area contributed by atoms with Gasteiger partial charge in [0.05, 0.1) is 6.61 Å². The fraction of sp³-hybridized carbons (Fsp3) is 0.577. The molecular weight excluding hydrogens is 392 g/mol. The Labute approximate surface area is 190 Å². The molecule has 0 saturated carbocycles. The molecule has 2 aromatic rings. The first kappa shape index (κ1) is 26.3. The number of amidine groups is 1. The van der Waals surface area contributed by atoms with Gasteiger partial charge in [0, 0.05) is 24.0 Å². The fourth-order valence-electron chi connectivity index (χ4n) is 3.89. The number of hydrogen-bond donors (Lipinski definition) is 1. The topological polar surface area (TPSA) is 36.3 Å². The van der Waals surface area contributed by atoms with Crippen molar-refractivity contribution in [3.05, 3.63) is 42.0 Å². The molecule has 0 amide bonds. The predicted molar refractivity (Wildman–Crippen MR) is 134 cm³/mol. The highest BCUT2D eigenvalue weighted by Gasteiger charge is 2.15. The van der Waals surface area contributed by atoms with Crippen molar-refractivity contribution in [2.75, 3.05) is 19.7 Å². The summed E-state index contributed by atoms with van der Waals surface area (Å²) in [5, 5.41) is 11.0. The molecule has 0 aromatic heterocycles. The number of nitrogens with one attached hydrogen (secondary N) is 1. The number of fused-ring (bicyclic) bond motifs is 1. The van der Waals surface area contributed by atoms with Gasteiger partial charge >= 0.3 is 0 Å². The lowest BCUT2D eigenvalue weighted by Gasteiger charge is -2.25. The van der Waals surface area contributed by atoms with E-state index in [-0.39, 0.29) is 12.4 Å². The van der Waals surface area contributed by atoms with Gasteiger partial charge in [0.25, 0.3) is 0 Å². The Hall–Kier alpha value is -1.74. The van der Waals surface area contributed by atoms with E-state index in [9.17, 15) is 0 Å². The van der Waals surface area contributed by atoms with Crippen LogP contribution in [0, 0.1) is 5.41 Å². The fourth-order valence-corrected chi connectivity index (χ4v) is 3.89. The summed E-state index contributed by atoms with van der Waals surface area (Å²) in [6.45, 7) is 9.24. The van der Waals surface area contributed by atoms with Crippen molar-refractivity contribution in [2.45, 2.75) is 78.6 Å². The maximum absolute atomic E-state index is 8.79. The Morgan fingerprint density at radius 3 is 2.00 bits per heavy atom.